The van der Waals surface area contributed by atoms with E-state index in [9.17, 15) is 4.79 Å². The summed E-state index contributed by atoms with van der Waals surface area (Å²) in [5.74, 6) is 0.510. The molecule has 0 spiro atoms. The molecule has 25 heavy (non-hydrogen) atoms. The van der Waals surface area contributed by atoms with E-state index in [4.69, 9.17) is 28.3 Å². The molecule has 0 radical (unpaired) electrons. The number of nitrogens with one attached hydrogen (secondary N) is 1. The quantitative estimate of drug-likeness (QED) is 0.424. The van der Waals surface area contributed by atoms with Crippen molar-refractivity contribution < 1.29 is 9.90 Å². The number of benzene rings is 1. The van der Waals surface area contributed by atoms with Gasteiger partial charge >= 0.3 is 5.97 Å². The van der Waals surface area contributed by atoms with Crippen LogP contribution in [0.25, 0.3) is 0 Å². The molecule has 1 aliphatic carbocycles. The third-order valence-electron chi connectivity index (χ3n) is 4.85. The molecule has 1 fully saturated rings. The summed E-state index contributed by atoms with van der Waals surface area (Å²) in [5.41, 5.74) is 1.07. The lowest BCUT2D eigenvalue weighted by molar-refractivity contribution is -0.137. The first-order valence-corrected chi connectivity index (χ1v) is 9.85. The normalized spacial score (nSPS) is 20.9. The van der Waals surface area contributed by atoms with Gasteiger partial charge in [-0.05, 0) is 61.8 Å². The van der Waals surface area contributed by atoms with Crippen LogP contribution in [0.1, 0.15) is 50.5 Å². The average Bonchev–Trinajstić information content (AvgIpc) is 2.57. The van der Waals surface area contributed by atoms with Crippen LogP contribution in [0.4, 0.5) is 0 Å². The van der Waals surface area contributed by atoms with Crippen LogP contribution in [0.2, 0.25) is 10.0 Å². The van der Waals surface area contributed by atoms with Gasteiger partial charge in [-0.15, -0.1) is 0 Å². The zero-order valence-corrected chi connectivity index (χ0v) is 16.0. The Labute approximate surface area is 160 Å². The summed E-state index contributed by atoms with van der Waals surface area (Å²) >= 11 is 12.2. The number of carbonyl (C=O) groups is 1. The lowest BCUT2D eigenvalue weighted by Crippen LogP contribution is -2.29. The Kier molecular flexibility index (Phi) is 8.80. The molecule has 1 aromatic rings. The minimum absolute atomic E-state index is 0.252. The standard InChI is InChI=1S/C20H27Cl2NO2/c21-18-11-10-17(19(22)12-18)14-23-13-16-8-5-4-7-15(16)6-2-1-3-9-20(24)25/h2,6,10-12,15-16,23H,1,3-5,7-9,13-14H2,(H,24,25)/b6-2-/t15-,16+/m0/s1. The molecule has 2 rings (SSSR count). The number of aliphatic carboxylic acids is 1. The van der Waals surface area contributed by atoms with Gasteiger partial charge < -0.3 is 10.4 Å². The summed E-state index contributed by atoms with van der Waals surface area (Å²) in [6, 6.07) is 5.62. The molecule has 0 bridgehead atoms. The fourth-order valence-corrected chi connectivity index (χ4v) is 3.92. The van der Waals surface area contributed by atoms with E-state index in [0.717, 1.165) is 31.5 Å². The molecule has 0 amide bonds. The molecule has 0 aromatic heterocycles. The maximum Gasteiger partial charge on any atom is 0.303 e. The summed E-state index contributed by atoms with van der Waals surface area (Å²) in [4.78, 5) is 10.5. The van der Waals surface area contributed by atoms with Crippen molar-refractivity contribution in [3.05, 3.63) is 46.0 Å². The zero-order chi connectivity index (χ0) is 18.1. The summed E-state index contributed by atoms with van der Waals surface area (Å²) in [5, 5.41) is 13.6. The fraction of sp³-hybridized carbons (Fsp3) is 0.550. The van der Waals surface area contributed by atoms with Gasteiger partial charge in [-0.1, -0.05) is 54.3 Å². The average molecular weight is 384 g/mol. The Morgan fingerprint density at radius 3 is 2.84 bits per heavy atom. The van der Waals surface area contributed by atoms with E-state index in [0.29, 0.717) is 21.9 Å². The molecule has 3 nitrogen and oxygen atoms in total. The lowest BCUT2D eigenvalue weighted by Gasteiger charge is -2.30. The van der Waals surface area contributed by atoms with Crippen LogP contribution in [0, 0.1) is 11.8 Å². The number of unbranched alkanes of at least 4 members (excludes halogenated alkanes) is 1. The highest BCUT2D eigenvalue weighted by Gasteiger charge is 2.22. The third-order valence-corrected chi connectivity index (χ3v) is 5.44. The number of rotatable bonds is 9. The molecular weight excluding hydrogens is 357 g/mol. The van der Waals surface area contributed by atoms with Gasteiger partial charge in [-0.3, -0.25) is 4.79 Å². The zero-order valence-electron chi connectivity index (χ0n) is 14.5. The van der Waals surface area contributed by atoms with Gasteiger partial charge in [0.05, 0.1) is 0 Å². The van der Waals surface area contributed by atoms with Gasteiger partial charge in [-0.25, -0.2) is 0 Å². The SMILES string of the molecule is O=C(O)CCC/C=C\[C@H]1CCCC[C@@H]1CNCc1ccc(Cl)cc1Cl. The molecule has 0 unspecified atom stereocenters. The van der Waals surface area contributed by atoms with Crippen LogP contribution in [0.3, 0.4) is 0 Å². The Hall–Kier alpha value is -1.03. The predicted molar refractivity (Wildman–Crippen MR) is 104 cm³/mol. The lowest BCUT2D eigenvalue weighted by atomic mass is 9.79. The van der Waals surface area contributed by atoms with Crippen LogP contribution in [-0.4, -0.2) is 17.6 Å². The van der Waals surface area contributed by atoms with Crippen LogP contribution >= 0.6 is 23.2 Å². The van der Waals surface area contributed by atoms with Crippen molar-refractivity contribution in [2.75, 3.05) is 6.54 Å². The second kappa shape index (κ2) is 10.8. The minimum Gasteiger partial charge on any atom is -0.481 e. The van der Waals surface area contributed by atoms with E-state index >= 15 is 0 Å². The van der Waals surface area contributed by atoms with Crippen LogP contribution in [0.5, 0.6) is 0 Å². The first-order chi connectivity index (χ1) is 12.1. The maximum atomic E-state index is 10.5. The van der Waals surface area contributed by atoms with Gasteiger partial charge in [0, 0.05) is 23.0 Å². The van der Waals surface area contributed by atoms with E-state index in [-0.39, 0.29) is 6.42 Å². The van der Waals surface area contributed by atoms with Crippen molar-refractivity contribution in [2.45, 2.75) is 51.5 Å². The van der Waals surface area contributed by atoms with Crippen molar-refractivity contribution in [1.29, 1.82) is 0 Å². The first kappa shape index (κ1) is 20.3. The molecule has 2 atom stereocenters. The highest BCUT2D eigenvalue weighted by molar-refractivity contribution is 6.35. The molecule has 2 N–H and O–H groups in total. The third kappa shape index (κ3) is 7.39. The number of allylic oxidation sites excluding steroid dienone is 2. The highest BCUT2D eigenvalue weighted by atomic mass is 35.5. The number of hydrogen-bond donors (Lipinski definition) is 2. The first-order valence-electron chi connectivity index (χ1n) is 9.09. The van der Waals surface area contributed by atoms with E-state index in [1.165, 1.54) is 25.7 Å². The van der Waals surface area contributed by atoms with Crippen LogP contribution in [-0.2, 0) is 11.3 Å². The Bertz CT molecular complexity index is 589. The molecule has 5 heteroatoms. The minimum atomic E-state index is -0.714. The molecule has 1 aliphatic rings. The summed E-state index contributed by atoms with van der Waals surface area (Å²) in [6.07, 6.45) is 11.3. The topological polar surface area (TPSA) is 49.3 Å². The van der Waals surface area contributed by atoms with Gasteiger partial charge in [0.15, 0.2) is 0 Å². The van der Waals surface area contributed by atoms with Gasteiger partial charge in [0.1, 0.15) is 0 Å². The Morgan fingerprint density at radius 2 is 2.08 bits per heavy atom. The van der Waals surface area contributed by atoms with Crippen molar-refractivity contribution in [1.82, 2.24) is 5.32 Å². The molecule has 1 saturated carbocycles. The second-order valence-corrected chi connectivity index (χ2v) is 7.63. The van der Waals surface area contributed by atoms with E-state index < -0.39 is 5.97 Å². The van der Waals surface area contributed by atoms with Crippen LogP contribution < -0.4 is 5.32 Å². The van der Waals surface area contributed by atoms with E-state index in [1.807, 2.05) is 12.1 Å². The molecule has 0 heterocycles. The number of hydrogen-bond acceptors (Lipinski definition) is 2. The predicted octanol–water partition coefficient (Wildman–Crippen LogP) is 5.70. The van der Waals surface area contributed by atoms with E-state index in [2.05, 4.69) is 17.5 Å². The molecular formula is C20H27Cl2NO2. The van der Waals surface area contributed by atoms with E-state index in [1.54, 1.807) is 6.07 Å². The Balaban J connectivity index is 1.77. The molecule has 138 valence electrons. The van der Waals surface area contributed by atoms with Crippen molar-refractivity contribution in [3.8, 4) is 0 Å². The molecule has 0 saturated heterocycles. The number of carboxylic acids is 1. The summed E-state index contributed by atoms with van der Waals surface area (Å²) < 4.78 is 0. The van der Waals surface area contributed by atoms with Gasteiger partial charge in [0.25, 0.3) is 0 Å². The summed E-state index contributed by atoms with van der Waals surface area (Å²) in [7, 11) is 0. The monoisotopic (exact) mass is 383 g/mol. The highest BCUT2D eigenvalue weighted by Crippen LogP contribution is 2.31. The summed E-state index contributed by atoms with van der Waals surface area (Å²) in [6.45, 7) is 1.73. The fourth-order valence-electron chi connectivity index (χ4n) is 3.44. The van der Waals surface area contributed by atoms with Crippen LogP contribution in [0.15, 0.2) is 30.4 Å². The van der Waals surface area contributed by atoms with Gasteiger partial charge in [0.2, 0.25) is 0 Å². The number of carboxylic acid groups (broad SMARTS) is 1. The van der Waals surface area contributed by atoms with Crippen molar-refractivity contribution >= 4 is 29.2 Å². The Morgan fingerprint density at radius 1 is 1.28 bits per heavy atom. The number of halogens is 2. The molecule has 1 aromatic carbocycles. The van der Waals surface area contributed by atoms with Gasteiger partial charge in [-0.2, -0.15) is 0 Å². The van der Waals surface area contributed by atoms with Crippen molar-refractivity contribution in [3.63, 3.8) is 0 Å². The second-order valence-electron chi connectivity index (χ2n) is 6.79. The molecule has 0 aliphatic heterocycles. The maximum absolute atomic E-state index is 10.5. The largest absolute Gasteiger partial charge is 0.481 e. The van der Waals surface area contributed by atoms with Crippen molar-refractivity contribution in [2.24, 2.45) is 11.8 Å². The smallest absolute Gasteiger partial charge is 0.303 e.